The number of hydrazone groups is 1. The van der Waals surface area contributed by atoms with Gasteiger partial charge in [0.1, 0.15) is 6.61 Å². The molecule has 5 nitrogen and oxygen atoms in total. The summed E-state index contributed by atoms with van der Waals surface area (Å²) in [6, 6.07) is 8.54. The molecule has 0 atom stereocenters. The van der Waals surface area contributed by atoms with Crippen LogP contribution in [0.25, 0.3) is 6.08 Å². The first-order valence-electron chi connectivity index (χ1n) is 8.02. The van der Waals surface area contributed by atoms with Crippen molar-refractivity contribution in [1.29, 1.82) is 0 Å². The van der Waals surface area contributed by atoms with Crippen molar-refractivity contribution in [1.82, 2.24) is 5.43 Å². The van der Waals surface area contributed by atoms with Crippen molar-refractivity contribution in [2.75, 3.05) is 13.7 Å². The van der Waals surface area contributed by atoms with Gasteiger partial charge in [-0.05, 0) is 57.4 Å². The Labute approximate surface area is 181 Å². The zero-order chi connectivity index (χ0) is 20.5. The molecule has 0 spiro atoms. The van der Waals surface area contributed by atoms with Crippen LogP contribution in [0.15, 0.2) is 58.6 Å². The molecule has 0 saturated carbocycles. The molecule has 0 radical (unpaired) electrons. The van der Waals surface area contributed by atoms with E-state index in [1.54, 1.807) is 42.5 Å². The van der Waals surface area contributed by atoms with Crippen LogP contribution in [0.1, 0.15) is 11.1 Å². The Morgan fingerprint density at radius 3 is 2.79 bits per heavy atom. The highest BCUT2D eigenvalue weighted by atomic mass is 79.9. The second-order valence-corrected chi connectivity index (χ2v) is 7.07. The number of amides is 1. The van der Waals surface area contributed by atoms with Crippen LogP contribution in [-0.4, -0.2) is 25.8 Å². The smallest absolute Gasteiger partial charge is 0.264 e. The van der Waals surface area contributed by atoms with E-state index in [4.69, 9.17) is 32.7 Å². The largest absolute Gasteiger partial charge is 0.493 e. The summed E-state index contributed by atoms with van der Waals surface area (Å²) >= 11 is 15.3. The van der Waals surface area contributed by atoms with Gasteiger partial charge in [0.15, 0.2) is 11.5 Å². The Morgan fingerprint density at radius 1 is 1.32 bits per heavy atom. The Balaban J connectivity index is 2.03. The maximum Gasteiger partial charge on any atom is 0.264 e. The highest BCUT2D eigenvalue weighted by Crippen LogP contribution is 2.36. The Bertz CT molecular complexity index is 930. The van der Waals surface area contributed by atoms with Crippen molar-refractivity contribution < 1.29 is 14.3 Å². The van der Waals surface area contributed by atoms with Crippen LogP contribution in [-0.2, 0) is 4.79 Å². The molecule has 1 amide bonds. The number of nitrogens with one attached hydrogen (secondary N) is 1. The van der Waals surface area contributed by atoms with Crippen molar-refractivity contribution in [3.05, 3.63) is 74.7 Å². The molecule has 0 aromatic heterocycles. The fraction of sp³-hybridized carbons (Fsp3) is 0.100. The number of benzene rings is 2. The molecule has 0 aliphatic carbocycles. The van der Waals surface area contributed by atoms with Crippen molar-refractivity contribution in [3.63, 3.8) is 0 Å². The van der Waals surface area contributed by atoms with E-state index in [-0.39, 0.29) is 0 Å². The van der Waals surface area contributed by atoms with Gasteiger partial charge in [0, 0.05) is 16.1 Å². The average molecular weight is 484 g/mol. The monoisotopic (exact) mass is 482 g/mol. The standard InChI is InChI=1S/C20H17BrCl2N2O3/c1-3-8-28-20-16(21)9-13(10-18(20)27-2)12-24-25-19(26)7-5-14-4-6-15(22)11-17(14)23/h3-7,9-12H,1,8H2,2H3,(H,25,26)/b7-5+,24-12-. The van der Waals surface area contributed by atoms with E-state index in [2.05, 4.69) is 33.0 Å². The molecule has 8 heteroatoms. The summed E-state index contributed by atoms with van der Waals surface area (Å²) in [4.78, 5) is 11.9. The fourth-order valence-electron chi connectivity index (χ4n) is 2.11. The third kappa shape index (κ3) is 6.41. The molecule has 2 aromatic rings. The van der Waals surface area contributed by atoms with Gasteiger partial charge in [0.25, 0.3) is 5.91 Å². The summed E-state index contributed by atoms with van der Waals surface area (Å²) in [5.41, 5.74) is 3.80. The van der Waals surface area contributed by atoms with Gasteiger partial charge >= 0.3 is 0 Å². The Hall–Kier alpha value is -2.28. The zero-order valence-electron chi connectivity index (χ0n) is 14.9. The van der Waals surface area contributed by atoms with Gasteiger partial charge in [-0.3, -0.25) is 4.79 Å². The van der Waals surface area contributed by atoms with Crippen LogP contribution in [0.4, 0.5) is 0 Å². The molecule has 0 fully saturated rings. The average Bonchev–Trinajstić information content (AvgIpc) is 2.66. The summed E-state index contributed by atoms with van der Waals surface area (Å²) in [6.45, 7) is 3.97. The molecule has 28 heavy (non-hydrogen) atoms. The minimum Gasteiger partial charge on any atom is -0.493 e. The molecule has 2 aromatic carbocycles. The lowest BCUT2D eigenvalue weighted by Gasteiger charge is -2.12. The molecule has 0 saturated heterocycles. The minimum absolute atomic E-state index is 0.350. The van der Waals surface area contributed by atoms with Crippen LogP contribution in [0, 0.1) is 0 Å². The number of hydrogen-bond acceptors (Lipinski definition) is 4. The molecule has 0 bridgehead atoms. The van der Waals surface area contributed by atoms with Gasteiger partial charge in [-0.2, -0.15) is 5.10 Å². The maximum atomic E-state index is 11.9. The molecular formula is C20H17BrCl2N2O3. The number of halogens is 3. The van der Waals surface area contributed by atoms with Crippen LogP contribution < -0.4 is 14.9 Å². The molecule has 2 rings (SSSR count). The summed E-state index contributed by atoms with van der Waals surface area (Å²) < 4.78 is 11.6. The topological polar surface area (TPSA) is 59.9 Å². The van der Waals surface area contributed by atoms with E-state index in [1.165, 1.54) is 19.4 Å². The lowest BCUT2D eigenvalue weighted by Crippen LogP contribution is -2.14. The third-order valence-electron chi connectivity index (χ3n) is 3.36. The van der Waals surface area contributed by atoms with Crippen molar-refractivity contribution in [2.24, 2.45) is 5.10 Å². The molecular weight excluding hydrogens is 467 g/mol. The number of nitrogens with zero attached hydrogens (tertiary/aromatic N) is 1. The SMILES string of the molecule is C=CCOc1c(Br)cc(/C=N\NC(=O)/C=C/c2ccc(Cl)cc2Cl)cc1OC. The number of hydrogen-bond donors (Lipinski definition) is 1. The molecule has 0 aliphatic rings. The van der Waals surface area contributed by atoms with Crippen LogP contribution >= 0.6 is 39.1 Å². The summed E-state index contributed by atoms with van der Waals surface area (Å²) in [6.07, 6.45) is 6.04. The van der Waals surface area contributed by atoms with Gasteiger partial charge in [-0.1, -0.05) is 41.9 Å². The van der Waals surface area contributed by atoms with Crippen molar-refractivity contribution >= 4 is 57.3 Å². The molecule has 0 heterocycles. The van der Waals surface area contributed by atoms with E-state index < -0.39 is 5.91 Å². The van der Waals surface area contributed by atoms with Gasteiger partial charge in [0.05, 0.1) is 17.8 Å². The molecule has 0 unspecified atom stereocenters. The number of ether oxygens (including phenoxy) is 2. The number of methoxy groups -OCH3 is 1. The van der Waals surface area contributed by atoms with Crippen LogP contribution in [0.5, 0.6) is 11.5 Å². The predicted molar refractivity (Wildman–Crippen MR) is 118 cm³/mol. The highest BCUT2D eigenvalue weighted by molar-refractivity contribution is 9.10. The van der Waals surface area contributed by atoms with Gasteiger partial charge in [-0.25, -0.2) is 5.43 Å². The lowest BCUT2D eigenvalue weighted by atomic mass is 10.2. The minimum atomic E-state index is -0.403. The van der Waals surface area contributed by atoms with E-state index in [9.17, 15) is 4.79 Å². The quantitative estimate of drug-likeness (QED) is 0.233. The first kappa shape index (κ1) is 22.0. The zero-order valence-corrected chi connectivity index (χ0v) is 18.0. The Morgan fingerprint density at radius 2 is 2.11 bits per heavy atom. The van der Waals surface area contributed by atoms with Crippen molar-refractivity contribution in [3.8, 4) is 11.5 Å². The Kier molecular flexibility index (Phi) is 8.57. The summed E-state index contributed by atoms with van der Waals surface area (Å²) in [7, 11) is 1.54. The van der Waals surface area contributed by atoms with Crippen LogP contribution in [0.2, 0.25) is 10.0 Å². The van der Waals surface area contributed by atoms with Crippen LogP contribution in [0.3, 0.4) is 0 Å². The predicted octanol–water partition coefficient (Wildman–Crippen LogP) is 5.49. The van der Waals surface area contributed by atoms with Crippen molar-refractivity contribution in [2.45, 2.75) is 0 Å². The first-order valence-corrected chi connectivity index (χ1v) is 9.57. The number of rotatable bonds is 8. The summed E-state index contributed by atoms with van der Waals surface area (Å²) in [5, 5.41) is 4.92. The van der Waals surface area contributed by atoms with Gasteiger partial charge in [-0.15, -0.1) is 0 Å². The maximum absolute atomic E-state index is 11.9. The van der Waals surface area contributed by atoms with Gasteiger partial charge < -0.3 is 9.47 Å². The first-order chi connectivity index (χ1) is 13.4. The lowest BCUT2D eigenvalue weighted by molar-refractivity contribution is -0.116. The summed E-state index contributed by atoms with van der Waals surface area (Å²) in [5.74, 6) is 0.687. The number of carbonyl (C=O) groups excluding carboxylic acids is 1. The van der Waals surface area contributed by atoms with E-state index in [1.807, 2.05) is 0 Å². The van der Waals surface area contributed by atoms with E-state index in [0.29, 0.717) is 43.8 Å². The van der Waals surface area contributed by atoms with E-state index in [0.717, 1.165) is 0 Å². The second kappa shape index (κ2) is 10.9. The van der Waals surface area contributed by atoms with E-state index >= 15 is 0 Å². The number of carbonyl (C=O) groups is 1. The third-order valence-corrected chi connectivity index (χ3v) is 4.51. The normalized spacial score (nSPS) is 11.0. The highest BCUT2D eigenvalue weighted by Gasteiger charge is 2.10. The molecule has 1 N–H and O–H groups in total. The fourth-order valence-corrected chi connectivity index (χ4v) is 3.15. The van der Waals surface area contributed by atoms with Gasteiger partial charge in [0.2, 0.25) is 0 Å². The molecule has 146 valence electrons. The second-order valence-electron chi connectivity index (χ2n) is 5.37. The molecule has 0 aliphatic heterocycles.